The van der Waals surface area contributed by atoms with Crippen molar-refractivity contribution in [1.29, 1.82) is 0 Å². The Hall–Kier alpha value is -1.94. The minimum absolute atomic E-state index is 0.134. The number of esters is 1. The van der Waals surface area contributed by atoms with Gasteiger partial charge in [0, 0.05) is 24.2 Å². The van der Waals surface area contributed by atoms with Crippen molar-refractivity contribution in [1.82, 2.24) is 9.97 Å². The summed E-state index contributed by atoms with van der Waals surface area (Å²) in [5.74, 6) is -0.501. The van der Waals surface area contributed by atoms with Crippen molar-refractivity contribution in [3.8, 4) is 11.1 Å². The molecule has 2 rings (SSSR count). The molecule has 0 saturated heterocycles. The molecule has 5 heteroatoms. The minimum atomic E-state index is -0.501. The van der Waals surface area contributed by atoms with Crippen LogP contribution in [0.2, 0.25) is 5.15 Å². The van der Waals surface area contributed by atoms with Crippen molar-refractivity contribution in [3.05, 3.63) is 47.5 Å². The van der Waals surface area contributed by atoms with Crippen LogP contribution in [0.3, 0.4) is 0 Å². The molecule has 0 spiro atoms. The van der Waals surface area contributed by atoms with Gasteiger partial charge < -0.3 is 4.74 Å². The van der Waals surface area contributed by atoms with Crippen molar-refractivity contribution >= 4 is 17.6 Å². The second kappa shape index (κ2) is 4.93. The van der Waals surface area contributed by atoms with Crippen molar-refractivity contribution in [2.45, 2.75) is 0 Å². The zero-order valence-electron chi connectivity index (χ0n) is 9.05. The van der Waals surface area contributed by atoms with Crippen molar-refractivity contribution in [3.63, 3.8) is 0 Å². The summed E-state index contributed by atoms with van der Waals surface area (Å²) >= 11 is 5.83. The lowest BCUT2D eigenvalue weighted by Gasteiger charge is -2.05. The van der Waals surface area contributed by atoms with Crippen LogP contribution < -0.4 is 0 Å². The lowest BCUT2D eigenvalue weighted by atomic mass is 10.1. The summed E-state index contributed by atoms with van der Waals surface area (Å²) in [4.78, 5) is 19.4. The van der Waals surface area contributed by atoms with Crippen molar-refractivity contribution in [2.24, 2.45) is 0 Å². The first-order chi connectivity index (χ1) is 8.22. The molecule has 0 radical (unpaired) electrons. The fourth-order valence-electron chi connectivity index (χ4n) is 1.40. The SMILES string of the molecule is COC(=O)c1cc(-c2ccncc2)cnc1Cl. The Labute approximate surface area is 103 Å². The van der Waals surface area contributed by atoms with Gasteiger partial charge in [-0.3, -0.25) is 4.98 Å². The third-order valence-electron chi connectivity index (χ3n) is 2.26. The van der Waals surface area contributed by atoms with Gasteiger partial charge in [0.2, 0.25) is 0 Å². The highest BCUT2D eigenvalue weighted by atomic mass is 35.5. The molecular weight excluding hydrogens is 240 g/mol. The Kier molecular flexibility index (Phi) is 3.35. The summed E-state index contributed by atoms with van der Waals surface area (Å²) in [5, 5.41) is 0.134. The van der Waals surface area contributed by atoms with Gasteiger partial charge in [0.1, 0.15) is 5.15 Å². The summed E-state index contributed by atoms with van der Waals surface area (Å²) in [6.07, 6.45) is 4.94. The van der Waals surface area contributed by atoms with E-state index in [4.69, 9.17) is 11.6 Å². The van der Waals surface area contributed by atoms with Crippen molar-refractivity contribution in [2.75, 3.05) is 7.11 Å². The smallest absolute Gasteiger partial charge is 0.341 e. The molecule has 0 fully saturated rings. The normalized spacial score (nSPS) is 10.0. The fourth-order valence-corrected chi connectivity index (χ4v) is 1.58. The number of hydrogen-bond acceptors (Lipinski definition) is 4. The molecule has 0 amide bonds. The van der Waals surface area contributed by atoms with Gasteiger partial charge in [-0.25, -0.2) is 9.78 Å². The van der Waals surface area contributed by atoms with Crippen LogP contribution in [-0.2, 0) is 4.74 Å². The maximum atomic E-state index is 11.5. The zero-order valence-corrected chi connectivity index (χ0v) is 9.81. The Morgan fingerprint density at radius 3 is 2.65 bits per heavy atom. The van der Waals surface area contributed by atoms with Crippen LogP contribution in [0.5, 0.6) is 0 Å². The van der Waals surface area contributed by atoms with Gasteiger partial charge in [0.05, 0.1) is 12.7 Å². The molecule has 0 saturated carbocycles. The van der Waals surface area contributed by atoms with Crippen LogP contribution in [0.4, 0.5) is 0 Å². The fraction of sp³-hybridized carbons (Fsp3) is 0.0833. The number of aromatic nitrogens is 2. The number of rotatable bonds is 2. The van der Waals surface area contributed by atoms with E-state index in [0.29, 0.717) is 0 Å². The molecule has 0 atom stereocenters. The molecule has 0 unspecified atom stereocenters. The van der Waals surface area contributed by atoms with E-state index in [0.717, 1.165) is 11.1 Å². The summed E-state index contributed by atoms with van der Waals surface area (Å²) in [5.41, 5.74) is 1.95. The van der Waals surface area contributed by atoms with E-state index < -0.39 is 5.97 Å². The molecule has 0 aliphatic carbocycles. The zero-order chi connectivity index (χ0) is 12.3. The van der Waals surface area contributed by atoms with Crippen molar-refractivity contribution < 1.29 is 9.53 Å². The van der Waals surface area contributed by atoms with E-state index in [-0.39, 0.29) is 10.7 Å². The van der Waals surface area contributed by atoms with Crippen LogP contribution >= 0.6 is 11.6 Å². The first kappa shape index (κ1) is 11.5. The molecule has 0 aliphatic heterocycles. The molecular formula is C12H9ClN2O2. The number of carbonyl (C=O) groups is 1. The number of hydrogen-bond donors (Lipinski definition) is 0. The topological polar surface area (TPSA) is 52.1 Å². The Balaban J connectivity index is 2.48. The van der Waals surface area contributed by atoms with Crippen LogP contribution in [0.15, 0.2) is 36.8 Å². The van der Waals surface area contributed by atoms with Crippen LogP contribution in [0.25, 0.3) is 11.1 Å². The highest BCUT2D eigenvalue weighted by molar-refractivity contribution is 6.32. The molecule has 17 heavy (non-hydrogen) atoms. The summed E-state index contributed by atoms with van der Waals surface area (Å²) in [6.45, 7) is 0. The molecule has 2 heterocycles. The number of pyridine rings is 2. The first-order valence-electron chi connectivity index (χ1n) is 4.86. The van der Waals surface area contributed by atoms with E-state index in [2.05, 4.69) is 14.7 Å². The molecule has 4 nitrogen and oxygen atoms in total. The van der Waals surface area contributed by atoms with Gasteiger partial charge in [-0.05, 0) is 23.8 Å². The molecule has 0 aromatic carbocycles. The molecule has 0 aliphatic rings. The number of halogens is 1. The quantitative estimate of drug-likeness (QED) is 0.606. The van der Waals surface area contributed by atoms with Crippen LogP contribution in [0.1, 0.15) is 10.4 Å². The standard InChI is InChI=1S/C12H9ClN2O2/c1-17-12(16)10-6-9(7-15-11(10)13)8-2-4-14-5-3-8/h2-7H,1H3. The van der Waals surface area contributed by atoms with E-state index in [1.807, 2.05) is 12.1 Å². The van der Waals surface area contributed by atoms with Gasteiger partial charge in [0.15, 0.2) is 0 Å². The largest absolute Gasteiger partial charge is 0.465 e. The highest BCUT2D eigenvalue weighted by Crippen LogP contribution is 2.22. The number of carbonyl (C=O) groups excluding carboxylic acids is 1. The molecule has 2 aromatic rings. The molecule has 0 N–H and O–H groups in total. The summed E-state index contributed by atoms with van der Waals surface area (Å²) < 4.78 is 4.63. The van der Waals surface area contributed by atoms with Crippen LogP contribution in [0, 0.1) is 0 Å². The van der Waals surface area contributed by atoms with Gasteiger partial charge in [-0.1, -0.05) is 11.6 Å². The second-order valence-electron chi connectivity index (χ2n) is 3.29. The van der Waals surface area contributed by atoms with E-state index in [1.165, 1.54) is 7.11 Å². The average Bonchev–Trinajstić information content (AvgIpc) is 2.39. The molecule has 2 aromatic heterocycles. The number of methoxy groups -OCH3 is 1. The Morgan fingerprint density at radius 1 is 1.29 bits per heavy atom. The number of ether oxygens (including phenoxy) is 1. The monoisotopic (exact) mass is 248 g/mol. The Bertz CT molecular complexity index is 543. The van der Waals surface area contributed by atoms with Gasteiger partial charge >= 0.3 is 5.97 Å². The third kappa shape index (κ3) is 2.42. The van der Waals surface area contributed by atoms with E-state index in [9.17, 15) is 4.79 Å². The molecule has 86 valence electrons. The van der Waals surface area contributed by atoms with Crippen LogP contribution in [-0.4, -0.2) is 23.0 Å². The van der Waals surface area contributed by atoms with E-state index in [1.54, 1.807) is 24.7 Å². The average molecular weight is 249 g/mol. The third-order valence-corrected chi connectivity index (χ3v) is 2.56. The second-order valence-corrected chi connectivity index (χ2v) is 3.65. The lowest BCUT2D eigenvalue weighted by Crippen LogP contribution is -2.03. The number of nitrogens with zero attached hydrogens (tertiary/aromatic N) is 2. The maximum Gasteiger partial charge on any atom is 0.341 e. The maximum absolute atomic E-state index is 11.5. The minimum Gasteiger partial charge on any atom is -0.465 e. The summed E-state index contributed by atoms with van der Waals surface area (Å²) in [7, 11) is 1.30. The predicted octanol–water partition coefficient (Wildman–Crippen LogP) is 2.58. The van der Waals surface area contributed by atoms with Gasteiger partial charge in [0.25, 0.3) is 0 Å². The first-order valence-corrected chi connectivity index (χ1v) is 5.24. The van der Waals surface area contributed by atoms with Gasteiger partial charge in [-0.2, -0.15) is 0 Å². The Morgan fingerprint density at radius 2 is 2.00 bits per heavy atom. The lowest BCUT2D eigenvalue weighted by molar-refractivity contribution is 0.0600. The summed E-state index contributed by atoms with van der Waals surface area (Å²) in [6, 6.07) is 5.30. The van der Waals surface area contributed by atoms with Gasteiger partial charge in [-0.15, -0.1) is 0 Å². The highest BCUT2D eigenvalue weighted by Gasteiger charge is 2.13. The predicted molar refractivity (Wildman–Crippen MR) is 63.8 cm³/mol. The van der Waals surface area contributed by atoms with E-state index >= 15 is 0 Å². The molecule has 0 bridgehead atoms.